The van der Waals surface area contributed by atoms with Crippen molar-refractivity contribution >= 4 is 17.5 Å². The minimum absolute atomic E-state index is 0.886. The number of rotatable bonds is 0. The van der Waals surface area contributed by atoms with E-state index in [1.807, 2.05) is 30.5 Å². The molecule has 4 N–H and O–H groups in total. The molecule has 0 saturated carbocycles. The maximum atomic E-state index is 3.25. The van der Waals surface area contributed by atoms with Crippen molar-refractivity contribution < 1.29 is 0 Å². The van der Waals surface area contributed by atoms with Crippen LogP contribution in [0.25, 0.3) is 6.08 Å². The summed E-state index contributed by atoms with van der Waals surface area (Å²) in [7, 11) is 0. The Hall–Kier alpha value is -2.46. The molecule has 102 valence electrons. The smallest absolute Gasteiger partial charge is 0.0655 e. The second-order valence-electron chi connectivity index (χ2n) is 4.63. The Morgan fingerprint density at radius 1 is 0.850 bits per heavy atom. The number of anilines is 2. The molecule has 0 aliphatic carbocycles. The number of hydrogen-bond acceptors (Lipinski definition) is 4. The molecule has 0 aromatic heterocycles. The lowest BCUT2D eigenvalue weighted by Gasteiger charge is -2.18. The molecular formula is C16H18N4. The van der Waals surface area contributed by atoms with Crippen LogP contribution in [0.3, 0.4) is 0 Å². The van der Waals surface area contributed by atoms with Crippen molar-refractivity contribution in [1.82, 2.24) is 10.7 Å². The Bertz CT molecular complexity index is 582. The van der Waals surface area contributed by atoms with E-state index in [4.69, 9.17) is 0 Å². The summed E-state index contributed by atoms with van der Waals surface area (Å²) in [5.41, 5.74) is 10.9. The van der Waals surface area contributed by atoms with Gasteiger partial charge in [-0.1, -0.05) is 36.4 Å². The largest absolute Gasteiger partial charge is 0.372 e. The molecule has 0 fully saturated rings. The summed E-state index contributed by atoms with van der Waals surface area (Å²) in [6.45, 7) is 1.88. The third-order valence-corrected chi connectivity index (χ3v) is 3.25. The Morgan fingerprint density at radius 3 is 2.50 bits per heavy atom. The molecule has 0 radical (unpaired) electrons. The number of hydrogen-bond donors (Lipinski definition) is 4. The van der Waals surface area contributed by atoms with Crippen molar-refractivity contribution in [2.45, 2.75) is 6.54 Å². The highest BCUT2D eigenvalue weighted by molar-refractivity contribution is 5.68. The molecule has 0 spiro atoms. The normalized spacial score (nSPS) is 14.4. The number of para-hydroxylation sites is 2. The van der Waals surface area contributed by atoms with Crippen molar-refractivity contribution in [2.75, 3.05) is 17.4 Å². The van der Waals surface area contributed by atoms with Crippen LogP contribution < -0.4 is 21.5 Å². The van der Waals surface area contributed by atoms with Gasteiger partial charge in [0.15, 0.2) is 0 Å². The van der Waals surface area contributed by atoms with Gasteiger partial charge >= 0.3 is 0 Å². The molecular weight excluding hydrogens is 248 g/mol. The highest BCUT2D eigenvalue weighted by Gasteiger charge is 2.03. The highest BCUT2D eigenvalue weighted by atomic mass is 15.3. The van der Waals surface area contributed by atoms with E-state index in [0.29, 0.717) is 0 Å². The van der Waals surface area contributed by atoms with Crippen LogP contribution in [0.4, 0.5) is 11.4 Å². The van der Waals surface area contributed by atoms with E-state index in [2.05, 4.69) is 51.8 Å². The Morgan fingerprint density at radius 2 is 1.65 bits per heavy atom. The van der Waals surface area contributed by atoms with Gasteiger partial charge in [-0.15, -0.1) is 0 Å². The molecule has 4 heteroatoms. The highest BCUT2D eigenvalue weighted by Crippen LogP contribution is 2.17. The van der Waals surface area contributed by atoms with E-state index in [1.165, 1.54) is 16.8 Å². The summed E-state index contributed by atoms with van der Waals surface area (Å²) in [6.07, 6.45) is 3.91. The fourth-order valence-electron chi connectivity index (χ4n) is 2.21. The van der Waals surface area contributed by atoms with Gasteiger partial charge in [0, 0.05) is 24.0 Å². The predicted octanol–water partition coefficient (Wildman–Crippen LogP) is 2.75. The maximum Gasteiger partial charge on any atom is 0.0655 e. The first-order chi connectivity index (χ1) is 9.93. The third kappa shape index (κ3) is 2.92. The molecule has 0 amide bonds. The molecule has 0 unspecified atom stereocenters. The minimum Gasteiger partial charge on any atom is -0.372 e. The standard InChI is InChI=1S/C8H10N2.C8H8N2/c1-2-4-8-7(3-1)5-9-6-10-8;1-2-4-8-7(3-1)5-6-9-10-8/h1-4,9-10H,5-6H2;1-6,9-10H. The summed E-state index contributed by atoms with van der Waals surface area (Å²) >= 11 is 0. The maximum absolute atomic E-state index is 3.25. The molecule has 4 rings (SSSR count). The fourth-order valence-corrected chi connectivity index (χ4v) is 2.21. The van der Waals surface area contributed by atoms with E-state index in [0.717, 1.165) is 18.9 Å². The summed E-state index contributed by atoms with van der Waals surface area (Å²) in [6, 6.07) is 16.5. The summed E-state index contributed by atoms with van der Waals surface area (Å²) in [5.74, 6) is 0. The number of nitrogens with one attached hydrogen (secondary N) is 4. The lowest BCUT2D eigenvalue weighted by atomic mass is 10.1. The summed E-state index contributed by atoms with van der Waals surface area (Å²) < 4.78 is 0. The van der Waals surface area contributed by atoms with Gasteiger partial charge in [0.25, 0.3) is 0 Å². The first-order valence-corrected chi connectivity index (χ1v) is 6.73. The molecule has 2 aromatic rings. The van der Waals surface area contributed by atoms with E-state index >= 15 is 0 Å². The molecule has 0 atom stereocenters. The van der Waals surface area contributed by atoms with Gasteiger partial charge in [-0.25, -0.2) is 0 Å². The van der Waals surface area contributed by atoms with E-state index < -0.39 is 0 Å². The van der Waals surface area contributed by atoms with E-state index in [-0.39, 0.29) is 0 Å². The van der Waals surface area contributed by atoms with Crippen LogP contribution in [-0.4, -0.2) is 6.67 Å². The van der Waals surface area contributed by atoms with Crippen molar-refractivity contribution in [2.24, 2.45) is 0 Å². The van der Waals surface area contributed by atoms with Gasteiger partial charge < -0.3 is 16.2 Å². The molecule has 4 nitrogen and oxygen atoms in total. The second kappa shape index (κ2) is 6.12. The predicted molar refractivity (Wildman–Crippen MR) is 84.0 cm³/mol. The van der Waals surface area contributed by atoms with Gasteiger partial charge in [-0.05, 0) is 23.8 Å². The van der Waals surface area contributed by atoms with Crippen LogP contribution in [-0.2, 0) is 6.54 Å². The molecule has 20 heavy (non-hydrogen) atoms. The first-order valence-electron chi connectivity index (χ1n) is 6.73. The topological polar surface area (TPSA) is 48.1 Å². The van der Waals surface area contributed by atoms with Gasteiger partial charge in [0.2, 0.25) is 0 Å². The fraction of sp³-hybridized carbons (Fsp3) is 0.125. The van der Waals surface area contributed by atoms with Crippen LogP contribution in [0.15, 0.2) is 54.7 Å². The molecule has 0 bridgehead atoms. The summed E-state index contributed by atoms with van der Waals surface area (Å²) in [5, 5.41) is 6.48. The van der Waals surface area contributed by atoms with Gasteiger partial charge in [0.1, 0.15) is 0 Å². The van der Waals surface area contributed by atoms with Gasteiger partial charge in [-0.2, -0.15) is 0 Å². The monoisotopic (exact) mass is 266 g/mol. The van der Waals surface area contributed by atoms with E-state index in [1.54, 1.807) is 0 Å². The van der Waals surface area contributed by atoms with Crippen LogP contribution >= 0.6 is 0 Å². The Labute approximate surface area is 118 Å². The molecule has 2 aromatic carbocycles. The summed E-state index contributed by atoms with van der Waals surface area (Å²) in [4.78, 5) is 0. The first kappa shape index (κ1) is 12.6. The molecule has 2 aliphatic heterocycles. The van der Waals surface area contributed by atoms with Gasteiger partial charge in [-0.3, -0.25) is 5.32 Å². The van der Waals surface area contributed by atoms with E-state index in [9.17, 15) is 0 Å². The molecule has 0 saturated heterocycles. The number of hydrazine groups is 1. The van der Waals surface area contributed by atoms with Crippen LogP contribution in [0.2, 0.25) is 0 Å². The molecule has 2 aliphatic rings. The quantitative estimate of drug-likeness (QED) is 0.592. The van der Waals surface area contributed by atoms with Crippen LogP contribution in [0.5, 0.6) is 0 Å². The third-order valence-electron chi connectivity index (χ3n) is 3.25. The zero-order valence-corrected chi connectivity index (χ0v) is 11.2. The zero-order valence-electron chi connectivity index (χ0n) is 11.2. The zero-order chi connectivity index (χ0) is 13.6. The number of benzene rings is 2. The Balaban J connectivity index is 0.000000121. The van der Waals surface area contributed by atoms with Crippen LogP contribution in [0, 0.1) is 0 Å². The van der Waals surface area contributed by atoms with Crippen molar-refractivity contribution in [3.63, 3.8) is 0 Å². The molecule has 2 heterocycles. The average molecular weight is 266 g/mol. The minimum atomic E-state index is 0.886. The average Bonchev–Trinajstić information content (AvgIpc) is 2.56. The lowest BCUT2D eigenvalue weighted by Crippen LogP contribution is -2.27. The Kier molecular flexibility index (Phi) is 3.85. The SMILES string of the molecule is C1=Cc2ccccc2NN1.c1ccc2c(c1)CNCN2. The van der Waals surface area contributed by atoms with Crippen molar-refractivity contribution in [3.8, 4) is 0 Å². The number of fused-ring (bicyclic) bond motifs is 2. The van der Waals surface area contributed by atoms with Crippen molar-refractivity contribution in [1.29, 1.82) is 0 Å². The van der Waals surface area contributed by atoms with Crippen LogP contribution in [0.1, 0.15) is 11.1 Å². The van der Waals surface area contributed by atoms with Gasteiger partial charge in [0.05, 0.1) is 12.4 Å². The van der Waals surface area contributed by atoms with Crippen molar-refractivity contribution in [3.05, 3.63) is 65.9 Å². The lowest BCUT2D eigenvalue weighted by molar-refractivity contribution is 0.709. The second-order valence-corrected chi connectivity index (χ2v) is 4.63.